The summed E-state index contributed by atoms with van der Waals surface area (Å²) in [5.74, 6) is 0. The standard InChI is InChI=1S/C41H25N3/c1-24-13-19-37-34(21-24)32-11-6-12-33-35-22-27(18-20-38(35)44(37)41(32)33)25-14-16-26(17-15-25)36-23-42-39-30-9-4-2-7-28(30)29-8-3-5-10-31(29)40(39)43-36/h2-23H,1H3. The van der Waals surface area contributed by atoms with Crippen LogP contribution in [0.5, 0.6) is 0 Å². The SMILES string of the molecule is Cc1ccc2c(c1)c1cccc3c4cc(-c5ccc(-c6cnc7c8ccccc8c8ccccc8c7n6)cc5)ccc4n2c13. The maximum Gasteiger partial charge on any atom is 0.0979 e. The van der Waals surface area contributed by atoms with Crippen LogP contribution < -0.4 is 0 Å². The van der Waals surface area contributed by atoms with Crippen LogP contribution in [0.25, 0.3) is 93.1 Å². The number of nitrogens with zero attached hydrogens (tertiary/aromatic N) is 3. The monoisotopic (exact) mass is 559 g/mol. The van der Waals surface area contributed by atoms with Gasteiger partial charge in [-0.15, -0.1) is 0 Å². The molecule has 0 atom stereocenters. The van der Waals surface area contributed by atoms with Gasteiger partial charge in [0.25, 0.3) is 0 Å². The summed E-state index contributed by atoms with van der Waals surface area (Å²) >= 11 is 0. The van der Waals surface area contributed by atoms with Gasteiger partial charge in [-0.1, -0.05) is 109 Å². The van der Waals surface area contributed by atoms with Gasteiger partial charge in [0.1, 0.15) is 0 Å². The van der Waals surface area contributed by atoms with Gasteiger partial charge in [-0.05, 0) is 53.1 Å². The van der Waals surface area contributed by atoms with Crippen LogP contribution in [0.2, 0.25) is 0 Å². The van der Waals surface area contributed by atoms with Crippen LogP contribution >= 0.6 is 0 Å². The van der Waals surface area contributed by atoms with Crippen molar-refractivity contribution in [2.45, 2.75) is 6.92 Å². The van der Waals surface area contributed by atoms with E-state index in [1.165, 1.54) is 65.6 Å². The second kappa shape index (κ2) is 8.62. The van der Waals surface area contributed by atoms with E-state index in [-0.39, 0.29) is 0 Å². The van der Waals surface area contributed by atoms with Crippen LogP contribution in [0.3, 0.4) is 0 Å². The highest BCUT2D eigenvalue weighted by atomic mass is 14.9. The molecule has 44 heavy (non-hydrogen) atoms. The fourth-order valence-corrected chi connectivity index (χ4v) is 7.37. The topological polar surface area (TPSA) is 30.2 Å². The van der Waals surface area contributed by atoms with E-state index in [4.69, 9.17) is 9.97 Å². The van der Waals surface area contributed by atoms with E-state index in [1.807, 2.05) is 6.20 Å². The molecule has 0 unspecified atom stereocenters. The molecule has 0 bridgehead atoms. The molecule has 3 heteroatoms. The Balaban J connectivity index is 1.10. The van der Waals surface area contributed by atoms with Crippen molar-refractivity contribution >= 4 is 70.7 Å². The van der Waals surface area contributed by atoms with E-state index in [2.05, 4.69) is 139 Å². The average molecular weight is 560 g/mol. The molecule has 204 valence electrons. The molecule has 0 fully saturated rings. The molecular weight excluding hydrogens is 534 g/mol. The van der Waals surface area contributed by atoms with Crippen LogP contribution in [-0.2, 0) is 0 Å². The van der Waals surface area contributed by atoms with Crippen LogP contribution in [0, 0.1) is 6.92 Å². The smallest absolute Gasteiger partial charge is 0.0979 e. The number of fused-ring (bicyclic) bond motifs is 12. The summed E-state index contributed by atoms with van der Waals surface area (Å²) in [6, 6.07) is 46.1. The fraction of sp³-hybridized carbons (Fsp3) is 0.0244. The highest BCUT2D eigenvalue weighted by Gasteiger charge is 2.18. The summed E-state index contributed by atoms with van der Waals surface area (Å²) in [6.07, 6.45) is 1.91. The molecule has 3 heterocycles. The minimum Gasteiger partial charge on any atom is -0.308 e. The van der Waals surface area contributed by atoms with Crippen molar-refractivity contribution in [3.63, 3.8) is 0 Å². The van der Waals surface area contributed by atoms with Crippen molar-refractivity contribution in [2.75, 3.05) is 0 Å². The van der Waals surface area contributed by atoms with E-state index in [1.54, 1.807) is 0 Å². The summed E-state index contributed by atoms with van der Waals surface area (Å²) < 4.78 is 2.44. The number of benzene rings is 7. The summed E-state index contributed by atoms with van der Waals surface area (Å²) in [5, 5.41) is 9.92. The fourth-order valence-electron chi connectivity index (χ4n) is 7.37. The van der Waals surface area contributed by atoms with Crippen LogP contribution in [0.15, 0.2) is 134 Å². The molecular formula is C41H25N3. The summed E-state index contributed by atoms with van der Waals surface area (Å²) in [6.45, 7) is 2.17. The zero-order valence-corrected chi connectivity index (χ0v) is 24.0. The highest BCUT2D eigenvalue weighted by Crippen LogP contribution is 2.41. The number of hydrogen-bond acceptors (Lipinski definition) is 2. The molecule has 0 aliphatic heterocycles. The van der Waals surface area contributed by atoms with Crippen molar-refractivity contribution in [3.05, 3.63) is 139 Å². The van der Waals surface area contributed by atoms with Crippen LogP contribution in [0.4, 0.5) is 0 Å². The van der Waals surface area contributed by atoms with Gasteiger partial charge in [-0.25, -0.2) is 4.98 Å². The molecule has 3 nitrogen and oxygen atoms in total. The van der Waals surface area contributed by atoms with Crippen LogP contribution in [-0.4, -0.2) is 14.4 Å². The summed E-state index contributed by atoms with van der Waals surface area (Å²) in [7, 11) is 0. The first-order valence-corrected chi connectivity index (χ1v) is 15.1. The Hall–Kier alpha value is -5.80. The van der Waals surface area contributed by atoms with Crippen molar-refractivity contribution in [3.8, 4) is 22.4 Å². The molecule has 0 N–H and O–H groups in total. The Morgan fingerprint density at radius 3 is 1.75 bits per heavy atom. The van der Waals surface area contributed by atoms with Gasteiger partial charge >= 0.3 is 0 Å². The lowest BCUT2D eigenvalue weighted by Crippen LogP contribution is -1.92. The molecule has 0 spiro atoms. The van der Waals surface area contributed by atoms with Gasteiger partial charge in [0, 0.05) is 37.9 Å². The molecule has 0 radical (unpaired) electrons. The molecule has 10 rings (SSSR count). The Morgan fingerprint density at radius 2 is 1.02 bits per heavy atom. The molecule has 3 aromatic heterocycles. The van der Waals surface area contributed by atoms with Gasteiger partial charge < -0.3 is 4.40 Å². The third-order valence-electron chi connectivity index (χ3n) is 9.41. The average Bonchev–Trinajstić information content (AvgIpc) is 3.59. The minimum atomic E-state index is 0.881. The van der Waals surface area contributed by atoms with Gasteiger partial charge in [0.15, 0.2) is 0 Å². The third kappa shape index (κ3) is 3.16. The predicted octanol–water partition coefficient (Wildman–Crippen LogP) is 10.7. The van der Waals surface area contributed by atoms with E-state index >= 15 is 0 Å². The third-order valence-corrected chi connectivity index (χ3v) is 9.41. The second-order valence-electron chi connectivity index (χ2n) is 11.9. The Morgan fingerprint density at radius 1 is 0.455 bits per heavy atom. The number of hydrogen-bond donors (Lipinski definition) is 0. The van der Waals surface area contributed by atoms with Crippen molar-refractivity contribution < 1.29 is 0 Å². The number of para-hydroxylation sites is 1. The zero-order chi connectivity index (χ0) is 28.9. The first kappa shape index (κ1) is 23.7. The molecule has 0 aliphatic carbocycles. The van der Waals surface area contributed by atoms with Crippen molar-refractivity contribution in [1.29, 1.82) is 0 Å². The lowest BCUT2D eigenvalue weighted by Gasteiger charge is -2.10. The first-order chi connectivity index (χ1) is 21.7. The molecule has 10 aromatic rings. The Bertz CT molecular complexity index is 2730. The van der Waals surface area contributed by atoms with Gasteiger partial charge in [-0.3, -0.25) is 4.98 Å². The lowest BCUT2D eigenvalue weighted by molar-refractivity contribution is 1.31. The Kier molecular flexibility index (Phi) is 4.65. The lowest BCUT2D eigenvalue weighted by atomic mass is 9.99. The van der Waals surface area contributed by atoms with Gasteiger partial charge in [0.05, 0.1) is 39.5 Å². The van der Waals surface area contributed by atoms with Crippen molar-refractivity contribution in [1.82, 2.24) is 14.4 Å². The van der Waals surface area contributed by atoms with E-state index in [0.717, 1.165) is 33.1 Å². The number of rotatable bonds is 2. The van der Waals surface area contributed by atoms with Crippen LogP contribution in [0.1, 0.15) is 5.56 Å². The molecule has 0 saturated heterocycles. The van der Waals surface area contributed by atoms with Gasteiger partial charge in [0.2, 0.25) is 0 Å². The maximum atomic E-state index is 5.18. The Labute approximate surface area is 253 Å². The predicted molar refractivity (Wildman–Crippen MR) is 185 cm³/mol. The largest absolute Gasteiger partial charge is 0.308 e. The van der Waals surface area contributed by atoms with E-state index < -0.39 is 0 Å². The van der Waals surface area contributed by atoms with E-state index in [0.29, 0.717) is 0 Å². The quantitative estimate of drug-likeness (QED) is 0.197. The van der Waals surface area contributed by atoms with Gasteiger partial charge in [-0.2, -0.15) is 0 Å². The molecule has 0 saturated carbocycles. The highest BCUT2D eigenvalue weighted by molar-refractivity contribution is 6.24. The molecule has 7 aromatic carbocycles. The molecule has 0 aliphatic rings. The van der Waals surface area contributed by atoms with E-state index in [9.17, 15) is 0 Å². The summed E-state index contributed by atoms with van der Waals surface area (Å²) in [5.41, 5.74) is 11.3. The minimum absolute atomic E-state index is 0.881. The normalized spacial score (nSPS) is 12.2. The number of aromatic nitrogens is 3. The first-order valence-electron chi connectivity index (χ1n) is 15.1. The van der Waals surface area contributed by atoms with Crippen molar-refractivity contribution in [2.24, 2.45) is 0 Å². The zero-order valence-electron chi connectivity index (χ0n) is 24.0. The number of aryl methyl sites for hydroxylation is 1. The summed E-state index contributed by atoms with van der Waals surface area (Å²) in [4.78, 5) is 10.1. The maximum absolute atomic E-state index is 5.18. The molecule has 0 amide bonds. The second-order valence-corrected chi connectivity index (χ2v) is 11.9.